The van der Waals surface area contributed by atoms with Gasteiger partial charge in [0.2, 0.25) is 0 Å². The molecule has 0 aromatic heterocycles. The van der Waals surface area contributed by atoms with Crippen LogP contribution in [0.2, 0.25) is 0 Å². The minimum Gasteiger partial charge on any atom is -0.299 e. The molecule has 0 aliphatic heterocycles. The Balaban J connectivity index is 1.97. The highest BCUT2D eigenvalue weighted by Crippen LogP contribution is 2.57. The van der Waals surface area contributed by atoms with E-state index in [0.717, 1.165) is 25.7 Å². The zero-order valence-electron chi connectivity index (χ0n) is 8.53. The molecule has 0 heterocycles. The molecule has 0 spiro atoms. The largest absolute Gasteiger partial charge is 0.299 e. The van der Waals surface area contributed by atoms with Gasteiger partial charge in [-0.3, -0.25) is 9.59 Å². The molecule has 0 saturated heterocycles. The Bertz CT molecular complexity index is 277. The maximum atomic E-state index is 11.7. The molecule has 3 aliphatic rings. The minimum atomic E-state index is 0.245. The standard InChI is InChI=1S/C12H16O2/c1-6-11-7(2-4-9(11)13)8-3-5-10(14)12(6)8/h6-8,11-12H,2-5H2,1H3/t7-,8-,11+,12+/m1/s1. The van der Waals surface area contributed by atoms with Crippen molar-refractivity contribution in [3.63, 3.8) is 0 Å². The fourth-order valence-electron chi connectivity index (χ4n) is 4.34. The molecule has 0 unspecified atom stereocenters. The molecule has 4 atom stereocenters. The van der Waals surface area contributed by atoms with Gasteiger partial charge in [-0.25, -0.2) is 0 Å². The van der Waals surface area contributed by atoms with E-state index in [2.05, 4.69) is 6.92 Å². The molecule has 3 rings (SSSR count). The van der Waals surface area contributed by atoms with Crippen molar-refractivity contribution in [3.05, 3.63) is 0 Å². The lowest BCUT2D eigenvalue weighted by molar-refractivity contribution is -0.124. The smallest absolute Gasteiger partial charge is 0.136 e. The number of carbonyl (C=O) groups is 2. The van der Waals surface area contributed by atoms with Gasteiger partial charge in [0.1, 0.15) is 11.6 Å². The van der Waals surface area contributed by atoms with Crippen LogP contribution in [0.1, 0.15) is 32.6 Å². The normalized spacial score (nSPS) is 51.1. The van der Waals surface area contributed by atoms with Crippen molar-refractivity contribution in [2.75, 3.05) is 0 Å². The minimum absolute atomic E-state index is 0.245. The van der Waals surface area contributed by atoms with Gasteiger partial charge in [0.15, 0.2) is 0 Å². The molecule has 0 aromatic carbocycles. The van der Waals surface area contributed by atoms with Gasteiger partial charge in [-0.1, -0.05) is 6.92 Å². The van der Waals surface area contributed by atoms with E-state index in [1.807, 2.05) is 0 Å². The predicted molar refractivity (Wildman–Crippen MR) is 51.6 cm³/mol. The Hall–Kier alpha value is -0.660. The van der Waals surface area contributed by atoms with E-state index in [4.69, 9.17) is 0 Å². The van der Waals surface area contributed by atoms with Crippen molar-refractivity contribution >= 4 is 11.6 Å². The summed E-state index contributed by atoms with van der Waals surface area (Å²) < 4.78 is 0. The van der Waals surface area contributed by atoms with Crippen molar-refractivity contribution in [1.82, 2.24) is 0 Å². The van der Waals surface area contributed by atoms with Crippen LogP contribution in [0.3, 0.4) is 0 Å². The third kappa shape index (κ3) is 0.870. The van der Waals surface area contributed by atoms with E-state index in [-0.39, 0.29) is 11.8 Å². The molecule has 3 aliphatic carbocycles. The van der Waals surface area contributed by atoms with Crippen LogP contribution >= 0.6 is 0 Å². The van der Waals surface area contributed by atoms with Crippen LogP contribution in [0.15, 0.2) is 0 Å². The maximum Gasteiger partial charge on any atom is 0.136 e. The van der Waals surface area contributed by atoms with Gasteiger partial charge in [-0.2, -0.15) is 0 Å². The molecule has 0 radical (unpaired) electrons. The zero-order chi connectivity index (χ0) is 9.87. The van der Waals surface area contributed by atoms with Gasteiger partial charge in [0, 0.05) is 24.7 Å². The van der Waals surface area contributed by atoms with Crippen LogP contribution in [0.25, 0.3) is 0 Å². The van der Waals surface area contributed by atoms with Gasteiger partial charge < -0.3 is 0 Å². The lowest BCUT2D eigenvalue weighted by Crippen LogP contribution is -2.21. The van der Waals surface area contributed by atoms with Gasteiger partial charge in [-0.05, 0) is 30.6 Å². The second kappa shape index (κ2) is 2.68. The fourth-order valence-corrected chi connectivity index (χ4v) is 4.34. The molecular formula is C12H16O2. The van der Waals surface area contributed by atoms with E-state index < -0.39 is 0 Å². The monoisotopic (exact) mass is 192 g/mol. The topological polar surface area (TPSA) is 34.1 Å². The molecule has 2 heteroatoms. The van der Waals surface area contributed by atoms with Crippen molar-refractivity contribution in [1.29, 1.82) is 0 Å². The SMILES string of the molecule is CC1[C@@H]2C(=O)CC[C@@H]2[C@H]2CCC(=O)[C@@H]12. The second-order valence-electron chi connectivity index (χ2n) is 5.25. The van der Waals surface area contributed by atoms with Crippen LogP contribution in [0.5, 0.6) is 0 Å². The van der Waals surface area contributed by atoms with Crippen LogP contribution in [-0.2, 0) is 9.59 Å². The summed E-state index contributed by atoms with van der Waals surface area (Å²) in [4.78, 5) is 23.4. The summed E-state index contributed by atoms with van der Waals surface area (Å²) >= 11 is 0. The van der Waals surface area contributed by atoms with Crippen LogP contribution in [0.4, 0.5) is 0 Å². The fraction of sp³-hybridized carbons (Fsp3) is 0.833. The molecule has 0 N–H and O–H groups in total. The Kier molecular flexibility index (Phi) is 1.65. The van der Waals surface area contributed by atoms with Crippen LogP contribution in [0, 0.1) is 29.6 Å². The Morgan fingerprint density at radius 1 is 0.929 bits per heavy atom. The van der Waals surface area contributed by atoms with E-state index >= 15 is 0 Å². The van der Waals surface area contributed by atoms with Crippen LogP contribution < -0.4 is 0 Å². The lowest BCUT2D eigenvalue weighted by atomic mass is 9.87. The summed E-state index contributed by atoms with van der Waals surface area (Å²) in [6.07, 6.45) is 3.67. The third-order valence-corrected chi connectivity index (χ3v) is 4.80. The molecule has 2 nitrogen and oxygen atoms in total. The number of ketones is 2. The van der Waals surface area contributed by atoms with Gasteiger partial charge in [0.25, 0.3) is 0 Å². The Labute approximate surface area is 84.1 Å². The van der Waals surface area contributed by atoms with E-state index in [1.165, 1.54) is 0 Å². The van der Waals surface area contributed by atoms with E-state index in [1.54, 1.807) is 0 Å². The van der Waals surface area contributed by atoms with Gasteiger partial charge >= 0.3 is 0 Å². The first-order valence-electron chi connectivity index (χ1n) is 5.75. The van der Waals surface area contributed by atoms with E-state index in [0.29, 0.717) is 29.3 Å². The van der Waals surface area contributed by atoms with Crippen LogP contribution in [-0.4, -0.2) is 11.6 Å². The van der Waals surface area contributed by atoms with Crippen molar-refractivity contribution in [2.45, 2.75) is 32.6 Å². The average molecular weight is 192 g/mol. The molecule has 76 valence electrons. The summed E-state index contributed by atoms with van der Waals surface area (Å²) in [5.41, 5.74) is 0. The molecule has 0 bridgehead atoms. The summed E-state index contributed by atoms with van der Waals surface area (Å²) in [6, 6.07) is 0. The molecule has 0 aromatic rings. The zero-order valence-corrected chi connectivity index (χ0v) is 8.53. The predicted octanol–water partition coefficient (Wildman–Crippen LogP) is 1.83. The first-order chi connectivity index (χ1) is 6.70. The maximum absolute atomic E-state index is 11.7. The first kappa shape index (κ1) is 8.63. The molecule has 3 fully saturated rings. The van der Waals surface area contributed by atoms with E-state index in [9.17, 15) is 9.59 Å². The summed E-state index contributed by atoms with van der Waals surface area (Å²) in [5.74, 6) is 2.83. The summed E-state index contributed by atoms with van der Waals surface area (Å²) in [6.45, 7) is 2.12. The highest BCUT2D eigenvalue weighted by atomic mass is 16.1. The lowest BCUT2D eigenvalue weighted by Gasteiger charge is -2.15. The third-order valence-electron chi connectivity index (χ3n) is 4.80. The second-order valence-corrected chi connectivity index (χ2v) is 5.25. The molecule has 14 heavy (non-hydrogen) atoms. The number of hydrogen-bond donors (Lipinski definition) is 0. The first-order valence-corrected chi connectivity index (χ1v) is 5.75. The Morgan fingerprint density at radius 2 is 1.36 bits per heavy atom. The van der Waals surface area contributed by atoms with Gasteiger partial charge in [-0.15, -0.1) is 0 Å². The molecule has 0 amide bonds. The van der Waals surface area contributed by atoms with Gasteiger partial charge in [0.05, 0.1) is 0 Å². The highest BCUT2D eigenvalue weighted by molar-refractivity contribution is 5.89. The number of Topliss-reactive ketones (excluding diaryl/α,β-unsaturated/α-hetero) is 2. The number of rotatable bonds is 0. The van der Waals surface area contributed by atoms with Crippen molar-refractivity contribution in [3.8, 4) is 0 Å². The quantitative estimate of drug-likeness (QED) is 0.586. The Morgan fingerprint density at radius 3 is 1.79 bits per heavy atom. The number of hydrogen-bond acceptors (Lipinski definition) is 2. The summed E-state index contributed by atoms with van der Waals surface area (Å²) in [7, 11) is 0. The van der Waals surface area contributed by atoms with Crippen molar-refractivity contribution < 1.29 is 9.59 Å². The average Bonchev–Trinajstić information content (AvgIpc) is 2.74. The van der Waals surface area contributed by atoms with Crippen molar-refractivity contribution in [2.24, 2.45) is 29.6 Å². The molecular weight excluding hydrogens is 176 g/mol. The summed E-state index contributed by atoms with van der Waals surface area (Å²) in [5, 5.41) is 0. The highest BCUT2D eigenvalue weighted by Gasteiger charge is 2.57. The molecule has 3 saturated carbocycles. The number of fused-ring (bicyclic) bond motifs is 3. The number of carbonyl (C=O) groups excluding carboxylic acids is 2.